The summed E-state index contributed by atoms with van der Waals surface area (Å²) >= 11 is 0. The van der Waals surface area contributed by atoms with Gasteiger partial charge in [0, 0.05) is 19.5 Å². The van der Waals surface area contributed by atoms with Crippen LogP contribution in [0.1, 0.15) is 13.3 Å². The molecular weight excluding hydrogens is 241 g/mol. The molecule has 0 aromatic rings. The topological polar surface area (TPSA) is 91.8 Å². The molecule has 1 amide bonds. The van der Waals surface area contributed by atoms with Crippen LogP contribution < -0.4 is 0 Å². The molecule has 1 fully saturated rings. The lowest BCUT2D eigenvalue weighted by atomic mass is 10.2. The number of amides is 1. The summed E-state index contributed by atoms with van der Waals surface area (Å²) in [6.07, 6.45) is -0.412. The number of likely N-dealkylation sites (tertiary alicyclic amines) is 1. The van der Waals surface area contributed by atoms with Gasteiger partial charge in [0.05, 0.1) is 5.92 Å². The third-order valence-electron chi connectivity index (χ3n) is 2.49. The van der Waals surface area contributed by atoms with Gasteiger partial charge >= 0.3 is 16.2 Å². The highest BCUT2D eigenvalue weighted by molar-refractivity contribution is 7.87. The van der Waals surface area contributed by atoms with Gasteiger partial charge in [-0.25, -0.2) is 0 Å². The largest absolute Gasteiger partial charge is 0.481 e. The number of aliphatic carboxylic acids is 1. The maximum atomic E-state index is 12.6. The molecule has 2 unspecified atom stereocenters. The lowest BCUT2D eigenvalue weighted by Gasteiger charge is -2.18. The summed E-state index contributed by atoms with van der Waals surface area (Å²) in [5, 5.41) is 7.26. The fraction of sp³-hybridized carbons (Fsp3) is 0.750. The predicted molar refractivity (Wildman–Crippen MR) is 51.8 cm³/mol. The van der Waals surface area contributed by atoms with E-state index < -0.39 is 39.7 Å². The van der Waals surface area contributed by atoms with E-state index in [0.717, 1.165) is 4.90 Å². The molecule has 2 atom stereocenters. The van der Waals surface area contributed by atoms with Gasteiger partial charge in [-0.1, -0.05) is 6.92 Å². The third kappa shape index (κ3) is 2.91. The van der Waals surface area contributed by atoms with Crippen molar-refractivity contribution >= 4 is 22.1 Å². The van der Waals surface area contributed by atoms with Crippen LogP contribution >= 0.6 is 0 Å². The molecule has 1 heterocycles. The number of hydrogen-bond donors (Lipinski definition) is 1. The van der Waals surface area contributed by atoms with Gasteiger partial charge in [0.25, 0.3) is 0 Å². The smallest absolute Gasteiger partial charge is 0.308 e. The van der Waals surface area contributed by atoms with E-state index in [1.54, 1.807) is 0 Å². The zero-order valence-electron chi connectivity index (χ0n) is 8.59. The van der Waals surface area contributed by atoms with Gasteiger partial charge < -0.3 is 10.0 Å². The minimum absolute atomic E-state index is 0.0970. The number of carbonyl (C=O) groups is 2. The van der Waals surface area contributed by atoms with Crippen molar-refractivity contribution in [3.8, 4) is 0 Å². The van der Waals surface area contributed by atoms with Crippen molar-refractivity contribution in [2.45, 2.75) is 18.6 Å². The van der Waals surface area contributed by atoms with E-state index in [1.165, 1.54) is 6.92 Å². The Morgan fingerprint density at radius 1 is 1.69 bits per heavy atom. The Morgan fingerprint density at radius 2 is 2.25 bits per heavy atom. The van der Waals surface area contributed by atoms with Crippen molar-refractivity contribution in [2.75, 3.05) is 13.1 Å². The molecule has 6 nitrogen and oxygen atoms in total. The SMILES string of the molecule is CC(CN1CC(S(=O)(=O)F)CC1=O)C(=O)O. The lowest BCUT2D eigenvalue weighted by molar-refractivity contribution is -0.142. The van der Waals surface area contributed by atoms with Crippen molar-refractivity contribution in [1.29, 1.82) is 0 Å². The monoisotopic (exact) mass is 253 g/mol. The highest BCUT2D eigenvalue weighted by Gasteiger charge is 2.39. The molecule has 1 saturated heterocycles. The van der Waals surface area contributed by atoms with Gasteiger partial charge in [0.2, 0.25) is 5.91 Å². The fourth-order valence-corrected chi connectivity index (χ4v) is 2.21. The van der Waals surface area contributed by atoms with Crippen molar-refractivity contribution in [3.05, 3.63) is 0 Å². The molecule has 0 aliphatic carbocycles. The summed E-state index contributed by atoms with van der Waals surface area (Å²) in [6.45, 7) is 1.03. The fourth-order valence-electron chi connectivity index (χ4n) is 1.51. The molecule has 92 valence electrons. The Balaban J connectivity index is 2.66. The molecular formula is C8H12FNO5S. The van der Waals surface area contributed by atoms with Crippen LogP contribution in [0.3, 0.4) is 0 Å². The molecule has 0 aromatic heterocycles. The van der Waals surface area contributed by atoms with Crippen LogP contribution in [0.15, 0.2) is 0 Å². The Hall–Kier alpha value is -1.18. The highest BCUT2D eigenvalue weighted by Crippen LogP contribution is 2.20. The normalized spacial score (nSPS) is 23.5. The maximum absolute atomic E-state index is 12.6. The third-order valence-corrected chi connectivity index (χ3v) is 3.61. The molecule has 0 aromatic carbocycles. The molecule has 1 N–H and O–H groups in total. The zero-order chi connectivity index (χ0) is 12.5. The molecule has 0 saturated carbocycles. The van der Waals surface area contributed by atoms with Crippen LogP contribution in [0.25, 0.3) is 0 Å². The van der Waals surface area contributed by atoms with E-state index in [4.69, 9.17) is 5.11 Å². The minimum atomic E-state index is -4.73. The van der Waals surface area contributed by atoms with Crippen molar-refractivity contribution < 1.29 is 27.0 Å². The van der Waals surface area contributed by atoms with Crippen LogP contribution in [0.5, 0.6) is 0 Å². The van der Waals surface area contributed by atoms with E-state index in [-0.39, 0.29) is 13.1 Å². The Bertz CT molecular complexity index is 407. The average molecular weight is 253 g/mol. The van der Waals surface area contributed by atoms with Gasteiger partial charge in [0.15, 0.2) is 0 Å². The van der Waals surface area contributed by atoms with Gasteiger partial charge in [-0.2, -0.15) is 8.42 Å². The Kier molecular flexibility index (Phi) is 3.51. The molecule has 0 bridgehead atoms. The number of rotatable bonds is 4. The van der Waals surface area contributed by atoms with Gasteiger partial charge in [-0.15, -0.1) is 3.89 Å². The first-order valence-electron chi connectivity index (χ1n) is 4.66. The van der Waals surface area contributed by atoms with Crippen LogP contribution in [0.2, 0.25) is 0 Å². The van der Waals surface area contributed by atoms with E-state index in [2.05, 4.69) is 0 Å². The second-order valence-electron chi connectivity index (χ2n) is 3.84. The summed E-state index contributed by atoms with van der Waals surface area (Å²) in [7, 11) is -4.73. The summed E-state index contributed by atoms with van der Waals surface area (Å²) in [5.74, 6) is -2.41. The summed E-state index contributed by atoms with van der Waals surface area (Å²) in [4.78, 5) is 22.9. The van der Waals surface area contributed by atoms with E-state index in [0.29, 0.717) is 0 Å². The standard InChI is InChI=1S/C8H12FNO5S/c1-5(8(12)13)3-10-4-6(2-7(10)11)16(9,14)15/h5-6H,2-4H2,1H3,(H,12,13). The Labute approximate surface area is 92.3 Å². The first-order chi connectivity index (χ1) is 7.21. The van der Waals surface area contributed by atoms with Crippen LogP contribution in [0.4, 0.5) is 3.89 Å². The quantitative estimate of drug-likeness (QED) is 0.689. The van der Waals surface area contributed by atoms with Crippen molar-refractivity contribution in [1.82, 2.24) is 4.90 Å². The molecule has 1 aliphatic heterocycles. The number of carbonyl (C=O) groups excluding carboxylic acids is 1. The summed E-state index contributed by atoms with van der Waals surface area (Å²) in [6, 6.07) is 0. The molecule has 16 heavy (non-hydrogen) atoms. The van der Waals surface area contributed by atoms with E-state index in [1.807, 2.05) is 0 Å². The van der Waals surface area contributed by atoms with Crippen molar-refractivity contribution in [2.24, 2.45) is 5.92 Å². The second-order valence-corrected chi connectivity index (χ2v) is 5.46. The molecule has 8 heteroatoms. The van der Waals surface area contributed by atoms with Crippen LogP contribution in [-0.2, 0) is 19.8 Å². The molecule has 0 spiro atoms. The summed E-state index contributed by atoms with van der Waals surface area (Å²) < 4.78 is 33.8. The second kappa shape index (κ2) is 4.36. The molecule has 1 aliphatic rings. The van der Waals surface area contributed by atoms with E-state index in [9.17, 15) is 21.9 Å². The number of carboxylic acid groups (broad SMARTS) is 1. The predicted octanol–water partition coefficient (Wildman–Crippen LogP) is -0.393. The van der Waals surface area contributed by atoms with Crippen LogP contribution in [0, 0.1) is 5.92 Å². The maximum Gasteiger partial charge on any atom is 0.308 e. The first kappa shape index (κ1) is 12.9. The van der Waals surface area contributed by atoms with E-state index >= 15 is 0 Å². The molecule has 0 radical (unpaired) electrons. The number of halogens is 1. The number of carboxylic acids is 1. The van der Waals surface area contributed by atoms with Crippen molar-refractivity contribution in [3.63, 3.8) is 0 Å². The zero-order valence-corrected chi connectivity index (χ0v) is 9.41. The molecule has 1 rings (SSSR count). The average Bonchev–Trinajstić information content (AvgIpc) is 2.47. The Morgan fingerprint density at radius 3 is 2.62 bits per heavy atom. The minimum Gasteiger partial charge on any atom is -0.481 e. The van der Waals surface area contributed by atoms with Gasteiger partial charge in [-0.3, -0.25) is 9.59 Å². The van der Waals surface area contributed by atoms with Gasteiger partial charge in [-0.05, 0) is 0 Å². The number of hydrogen-bond acceptors (Lipinski definition) is 4. The summed E-state index contributed by atoms with van der Waals surface area (Å²) in [5.41, 5.74) is 0. The lowest BCUT2D eigenvalue weighted by Crippen LogP contribution is -2.34. The first-order valence-corrected chi connectivity index (χ1v) is 6.10. The highest BCUT2D eigenvalue weighted by atomic mass is 32.3. The van der Waals surface area contributed by atoms with Gasteiger partial charge in [0.1, 0.15) is 5.25 Å². The van der Waals surface area contributed by atoms with Crippen LogP contribution in [-0.4, -0.2) is 48.6 Å². The number of nitrogens with zero attached hydrogens (tertiary/aromatic N) is 1.